The summed E-state index contributed by atoms with van der Waals surface area (Å²) < 4.78 is 2.08. The molecule has 0 amide bonds. The Morgan fingerprint density at radius 3 is 3.05 bits per heavy atom. The van der Waals surface area contributed by atoms with Crippen LogP contribution in [0.15, 0.2) is 18.3 Å². The van der Waals surface area contributed by atoms with E-state index in [-0.39, 0.29) is 0 Å². The van der Waals surface area contributed by atoms with Crippen LogP contribution in [0.2, 0.25) is 0 Å². The van der Waals surface area contributed by atoms with Crippen molar-refractivity contribution in [2.24, 2.45) is 5.73 Å². The van der Waals surface area contributed by atoms with E-state index in [1.807, 2.05) is 18.3 Å². The van der Waals surface area contributed by atoms with Gasteiger partial charge < -0.3 is 10.6 Å². The molecule has 0 saturated carbocycles. The summed E-state index contributed by atoms with van der Waals surface area (Å²) in [7, 11) is 2.21. The number of piperidine rings is 1. The summed E-state index contributed by atoms with van der Waals surface area (Å²) in [6.45, 7) is 1.74. The Hall–Kier alpha value is -1.46. The second kappa shape index (κ2) is 5.27. The molecule has 19 heavy (non-hydrogen) atoms. The van der Waals surface area contributed by atoms with Crippen molar-refractivity contribution < 1.29 is 0 Å². The number of likely N-dealkylation sites (tertiary alicyclic amines) is 1. The van der Waals surface area contributed by atoms with Gasteiger partial charge in [0.1, 0.15) is 5.82 Å². The predicted molar refractivity (Wildman–Crippen MR) is 74.9 cm³/mol. The molecule has 1 aliphatic rings. The third kappa shape index (κ3) is 2.48. The minimum atomic E-state index is 0.546. The summed E-state index contributed by atoms with van der Waals surface area (Å²) in [4.78, 5) is 2.44. The molecule has 3 heterocycles. The van der Waals surface area contributed by atoms with E-state index in [9.17, 15) is 0 Å². The number of likely N-dealkylation sites (N-methyl/N-ethyl adjacent to an activating group) is 1. The normalized spacial score (nSPS) is 21.1. The first kappa shape index (κ1) is 12.6. The molecule has 1 unspecified atom stereocenters. The van der Waals surface area contributed by atoms with Gasteiger partial charge >= 0.3 is 0 Å². The van der Waals surface area contributed by atoms with E-state index in [1.165, 1.54) is 25.8 Å². The van der Waals surface area contributed by atoms with Gasteiger partial charge in [-0.25, -0.2) is 0 Å². The Balaban J connectivity index is 1.84. The van der Waals surface area contributed by atoms with Crippen LogP contribution < -0.4 is 5.73 Å². The molecule has 5 heteroatoms. The summed E-state index contributed by atoms with van der Waals surface area (Å²) in [5, 5.41) is 8.60. The van der Waals surface area contributed by atoms with Crippen molar-refractivity contribution >= 4 is 5.65 Å². The molecule has 0 radical (unpaired) electrons. The lowest BCUT2D eigenvalue weighted by atomic mass is 10.00. The van der Waals surface area contributed by atoms with Crippen LogP contribution in [0.4, 0.5) is 0 Å². The van der Waals surface area contributed by atoms with Crippen LogP contribution >= 0.6 is 0 Å². The number of nitrogens with two attached hydrogens (primary N) is 1. The number of hydrogen-bond acceptors (Lipinski definition) is 4. The highest BCUT2D eigenvalue weighted by Crippen LogP contribution is 2.19. The highest BCUT2D eigenvalue weighted by Gasteiger charge is 2.21. The maximum atomic E-state index is 5.65. The van der Waals surface area contributed by atoms with E-state index in [1.54, 1.807) is 0 Å². The Kier molecular flexibility index (Phi) is 3.48. The van der Waals surface area contributed by atoms with Gasteiger partial charge in [-0.15, -0.1) is 10.2 Å². The largest absolute Gasteiger partial charge is 0.326 e. The van der Waals surface area contributed by atoms with Crippen molar-refractivity contribution in [1.29, 1.82) is 0 Å². The predicted octanol–water partition coefficient (Wildman–Crippen LogP) is 1.21. The first-order chi connectivity index (χ1) is 9.28. The van der Waals surface area contributed by atoms with E-state index in [0.717, 1.165) is 23.5 Å². The maximum Gasteiger partial charge on any atom is 0.161 e. The van der Waals surface area contributed by atoms with Gasteiger partial charge in [0.25, 0.3) is 0 Å². The Labute approximate surface area is 113 Å². The van der Waals surface area contributed by atoms with Crippen molar-refractivity contribution in [2.75, 3.05) is 13.6 Å². The molecule has 0 aliphatic carbocycles. The molecule has 5 nitrogen and oxygen atoms in total. The van der Waals surface area contributed by atoms with Gasteiger partial charge in [0.2, 0.25) is 0 Å². The number of pyridine rings is 1. The van der Waals surface area contributed by atoms with Crippen LogP contribution in [0.5, 0.6) is 0 Å². The number of nitrogens with zero attached hydrogens (tertiary/aromatic N) is 4. The first-order valence-electron chi connectivity index (χ1n) is 7.01. The monoisotopic (exact) mass is 259 g/mol. The molecule has 1 atom stereocenters. The van der Waals surface area contributed by atoms with Gasteiger partial charge in [-0.05, 0) is 44.1 Å². The molecule has 0 spiro atoms. The van der Waals surface area contributed by atoms with Gasteiger partial charge in [-0.1, -0.05) is 6.42 Å². The van der Waals surface area contributed by atoms with Crippen molar-refractivity contribution in [3.05, 3.63) is 29.7 Å². The van der Waals surface area contributed by atoms with Crippen LogP contribution in [-0.4, -0.2) is 39.1 Å². The third-order valence-electron chi connectivity index (χ3n) is 4.12. The quantitative estimate of drug-likeness (QED) is 0.900. The minimum Gasteiger partial charge on any atom is -0.326 e. The van der Waals surface area contributed by atoms with E-state index < -0.39 is 0 Å². The van der Waals surface area contributed by atoms with E-state index in [4.69, 9.17) is 5.73 Å². The molecule has 1 saturated heterocycles. The molecule has 102 valence electrons. The fourth-order valence-corrected chi connectivity index (χ4v) is 2.86. The smallest absolute Gasteiger partial charge is 0.161 e. The number of rotatable bonds is 3. The summed E-state index contributed by atoms with van der Waals surface area (Å²) in [6.07, 6.45) is 6.90. The number of fused-ring (bicyclic) bond motifs is 1. The third-order valence-corrected chi connectivity index (χ3v) is 4.12. The number of hydrogen-bond donors (Lipinski definition) is 1. The fourth-order valence-electron chi connectivity index (χ4n) is 2.86. The van der Waals surface area contributed by atoms with E-state index in [2.05, 4.69) is 26.5 Å². The molecule has 1 fully saturated rings. The van der Waals surface area contributed by atoms with Gasteiger partial charge in [0, 0.05) is 25.2 Å². The second-order valence-electron chi connectivity index (χ2n) is 5.42. The van der Waals surface area contributed by atoms with Crippen molar-refractivity contribution in [3.63, 3.8) is 0 Å². The van der Waals surface area contributed by atoms with Crippen molar-refractivity contribution in [1.82, 2.24) is 19.5 Å². The summed E-state index contributed by atoms with van der Waals surface area (Å²) in [6, 6.07) is 4.65. The first-order valence-corrected chi connectivity index (χ1v) is 7.01. The molecule has 1 aliphatic heterocycles. The van der Waals surface area contributed by atoms with Crippen LogP contribution in [0.3, 0.4) is 0 Å². The molecular formula is C14H21N5. The van der Waals surface area contributed by atoms with Crippen LogP contribution in [0.25, 0.3) is 5.65 Å². The Morgan fingerprint density at radius 1 is 1.37 bits per heavy atom. The number of aromatic nitrogens is 3. The topological polar surface area (TPSA) is 59.5 Å². The maximum absolute atomic E-state index is 5.65. The average molecular weight is 259 g/mol. The second-order valence-corrected chi connectivity index (χ2v) is 5.42. The van der Waals surface area contributed by atoms with Crippen LogP contribution in [-0.2, 0) is 13.0 Å². The minimum absolute atomic E-state index is 0.546. The van der Waals surface area contributed by atoms with Crippen molar-refractivity contribution in [2.45, 2.75) is 38.3 Å². The van der Waals surface area contributed by atoms with Crippen molar-refractivity contribution in [3.8, 4) is 0 Å². The van der Waals surface area contributed by atoms with E-state index >= 15 is 0 Å². The lowest BCUT2D eigenvalue weighted by molar-refractivity contribution is 0.182. The molecule has 0 bridgehead atoms. The van der Waals surface area contributed by atoms with Crippen LogP contribution in [0, 0.1) is 0 Å². The summed E-state index contributed by atoms with van der Waals surface area (Å²) in [5.41, 5.74) is 7.65. The lowest BCUT2D eigenvalue weighted by Crippen LogP contribution is -2.38. The van der Waals surface area contributed by atoms with Gasteiger partial charge in [-0.2, -0.15) is 0 Å². The van der Waals surface area contributed by atoms with Gasteiger partial charge in [0.15, 0.2) is 5.65 Å². The molecule has 3 rings (SSSR count). The van der Waals surface area contributed by atoms with Crippen LogP contribution in [0.1, 0.15) is 30.7 Å². The van der Waals surface area contributed by atoms with E-state index in [0.29, 0.717) is 12.6 Å². The Morgan fingerprint density at radius 2 is 2.26 bits per heavy atom. The zero-order valence-corrected chi connectivity index (χ0v) is 11.4. The zero-order valence-electron chi connectivity index (χ0n) is 11.4. The fraction of sp³-hybridized carbons (Fsp3) is 0.571. The summed E-state index contributed by atoms with van der Waals surface area (Å²) >= 11 is 0. The Bertz CT molecular complexity index is 562. The molecule has 2 N–H and O–H groups in total. The summed E-state index contributed by atoms with van der Waals surface area (Å²) in [5.74, 6) is 1.05. The molecule has 2 aromatic heterocycles. The van der Waals surface area contributed by atoms with Gasteiger partial charge in [-0.3, -0.25) is 4.40 Å². The highest BCUT2D eigenvalue weighted by molar-refractivity contribution is 5.41. The highest BCUT2D eigenvalue weighted by atomic mass is 15.3. The molecular weight excluding hydrogens is 238 g/mol. The molecule has 0 aromatic carbocycles. The molecule has 2 aromatic rings. The SMILES string of the molecule is CN1CCCCC1Cc1nnc2cc(CN)ccn12. The standard InChI is InChI=1S/C14H21N5/c1-18-6-3-2-4-12(18)9-14-17-16-13-8-11(10-15)5-7-19(13)14/h5,7-8,12H,2-4,6,9-10,15H2,1H3. The average Bonchev–Trinajstić information content (AvgIpc) is 2.83. The zero-order chi connectivity index (χ0) is 13.2. The lowest BCUT2D eigenvalue weighted by Gasteiger charge is -2.31. The van der Waals surface area contributed by atoms with Gasteiger partial charge in [0.05, 0.1) is 0 Å².